The molecule has 1 N–H and O–H groups in total. The first kappa shape index (κ1) is 10.1. The third kappa shape index (κ3) is 3.52. The van der Waals surface area contributed by atoms with E-state index in [1.165, 1.54) is 11.3 Å². The van der Waals surface area contributed by atoms with Crippen LogP contribution in [-0.4, -0.2) is 35.1 Å². The fraction of sp³-hybridized carbons (Fsp3) is 0.500. The maximum Gasteiger partial charge on any atom is 0.310 e. The molecule has 0 aliphatic heterocycles. The second kappa shape index (κ2) is 4.34. The molecule has 1 aromatic rings. The van der Waals surface area contributed by atoms with Crippen LogP contribution in [-0.2, 0) is 17.8 Å². The molecule has 0 spiro atoms. The molecule has 4 nitrogen and oxygen atoms in total. The molecular weight excluding hydrogens is 188 g/mol. The van der Waals surface area contributed by atoms with E-state index < -0.39 is 5.97 Å². The zero-order valence-corrected chi connectivity index (χ0v) is 8.47. The van der Waals surface area contributed by atoms with Crippen LogP contribution < -0.4 is 0 Å². The van der Waals surface area contributed by atoms with E-state index in [1.807, 2.05) is 19.0 Å². The molecule has 0 fully saturated rings. The Morgan fingerprint density at radius 3 is 2.92 bits per heavy atom. The second-order valence-electron chi connectivity index (χ2n) is 3.03. The zero-order chi connectivity index (χ0) is 9.84. The number of aromatic nitrogens is 1. The molecule has 1 heterocycles. The molecule has 0 saturated carbocycles. The van der Waals surface area contributed by atoms with E-state index in [-0.39, 0.29) is 6.42 Å². The van der Waals surface area contributed by atoms with E-state index in [0.29, 0.717) is 5.01 Å². The SMILES string of the molecule is CN(C)Cc1cnc(CC(=O)O)s1. The Morgan fingerprint density at radius 2 is 2.38 bits per heavy atom. The number of carbonyl (C=O) groups is 1. The van der Waals surface area contributed by atoms with Crippen molar-refractivity contribution in [2.45, 2.75) is 13.0 Å². The Hall–Kier alpha value is -0.940. The summed E-state index contributed by atoms with van der Waals surface area (Å²) in [5, 5.41) is 9.19. The first-order valence-electron chi connectivity index (χ1n) is 3.88. The van der Waals surface area contributed by atoms with E-state index in [1.54, 1.807) is 6.20 Å². The van der Waals surface area contributed by atoms with Gasteiger partial charge in [0.1, 0.15) is 5.01 Å². The number of rotatable bonds is 4. The van der Waals surface area contributed by atoms with Crippen LogP contribution in [0.25, 0.3) is 0 Å². The van der Waals surface area contributed by atoms with E-state index in [0.717, 1.165) is 11.4 Å². The number of nitrogens with zero attached hydrogens (tertiary/aromatic N) is 2. The molecule has 0 atom stereocenters. The van der Waals surface area contributed by atoms with Gasteiger partial charge in [-0.15, -0.1) is 11.3 Å². The van der Waals surface area contributed by atoms with Crippen molar-refractivity contribution in [1.82, 2.24) is 9.88 Å². The summed E-state index contributed by atoms with van der Waals surface area (Å²) in [6, 6.07) is 0. The lowest BCUT2D eigenvalue weighted by Gasteiger charge is -2.05. The Bertz CT molecular complexity index is 296. The molecule has 0 saturated heterocycles. The highest BCUT2D eigenvalue weighted by Gasteiger charge is 2.06. The minimum absolute atomic E-state index is 0.0259. The summed E-state index contributed by atoms with van der Waals surface area (Å²) in [7, 11) is 3.94. The average Bonchev–Trinajstić information content (AvgIpc) is 2.33. The number of hydrogen-bond donors (Lipinski definition) is 1. The molecule has 13 heavy (non-hydrogen) atoms. The van der Waals surface area contributed by atoms with Gasteiger partial charge in [-0.25, -0.2) is 4.98 Å². The second-order valence-corrected chi connectivity index (χ2v) is 4.23. The van der Waals surface area contributed by atoms with Crippen molar-refractivity contribution in [2.24, 2.45) is 0 Å². The fourth-order valence-electron chi connectivity index (χ4n) is 0.944. The van der Waals surface area contributed by atoms with Crippen LogP contribution >= 0.6 is 11.3 Å². The molecule has 0 radical (unpaired) electrons. The standard InChI is InChI=1S/C8H12N2O2S/c1-10(2)5-6-4-9-7(13-6)3-8(11)12/h4H,3,5H2,1-2H3,(H,11,12). The van der Waals surface area contributed by atoms with Crippen molar-refractivity contribution in [3.8, 4) is 0 Å². The minimum Gasteiger partial charge on any atom is -0.481 e. The quantitative estimate of drug-likeness (QED) is 0.782. The molecular formula is C8H12N2O2S. The van der Waals surface area contributed by atoms with Crippen molar-refractivity contribution in [3.05, 3.63) is 16.1 Å². The Labute approximate surface area is 80.8 Å². The lowest BCUT2D eigenvalue weighted by atomic mass is 10.5. The van der Waals surface area contributed by atoms with Gasteiger partial charge in [-0.3, -0.25) is 4.79 Å². The normalized spacial score (nSPS) is 10.7. The van der Waals surface area contributed by atoms with Gasteiger partial charge in [0.2, 0.25) is 0 Å². The van der Waals surface area contributed by atoms with E-state index in [9.17, 15) is 4.79 Å². The lowest BCUT2D eigenvalue weighted by Crippen LogP contribution is -2.09. The predicted molar refractivity (Wildman–Crippen MR) is 50.8 cm³/mol. The number of thiazole rings is 1. The van der Waals surface area contributed by atoms with Crippen molar-refractivity contribution in [1.29, 1.82) is 0 Å². The average molecular weight is 200 g/mol. The summed E-state index contributed by atoms with van der Waals surface area (Å²) in [6.45, 7) is 0.817. The molecule has 0 aromatic carbocycles. The van der Waals surface area contributed by atoms with Crippen LogP contribution in [0, 0.1) is 0 Å². The van der Waals surface area contributed by atoms with Gasteiger partial charge in [0.05, 0.1) is 6.42 Å². The van der Waals surface area contributed by atoms with E-state index in [4.69, 9.17) is 5.11 Å². The monoisotopic (exact) mass is 200 g/mol. The van der Waals surface area contributed by atoms with Crippen molar-refractivity contribution in [2.75, 3.05) is 14.1 Å². The third-order valence-corrected chi connectivity index (χ3v) is 2.36. The van der Waals surface area contributed by atoms with Crippen molar-refractivity contribution < 1.29 is 9.90 Å². The van der Waals surface area contributed by atoms with Crippen LogP contribution in [0.2, 0.25) is 0 Å². The predicted octanol–water partition coefficient (Wildman–Crippen LogP) is 0.832. The van der Waals surface area contributed by atoms with E-state index >= 15 is 0 Å². The van der Waals surface area contributed by atoms with Gasteiger partial charge in [-0.2, -0.15) is 0 Å². The topological polar surface area (TPSA) is 53.4 Å². The van der Waals surface area contributed by atoms with Gasteiger partial charge in [0, 0.05) is 17.6 Å². The number of carboxylic acid groups (broad SMARTS) is 1. The molecule has 1 rings (SSSR count). The highest BCUT2D eigenvalue weighted by molar-refractivity contribution is 7.11. The molecule has 0 bridgehead atoms. The Balaban J connectivity index is 2.58. The summed E-state index contributed by atoms with van der Waals surface area (Å²) in [5.74, 6) is -0.828. The summed E-state index contributed by atoms with van der Waals surface area (Å²) >= 11 is 1.46. The summed E-state index contributed by atoms with van der Waals surface area (Å²) in [6.07, 6.45) is 1.76. The highest BCUT2D eigenvalue weighted by atomic mass is 32.1. The van der Waals surface area contributed by atoms with E-state index in [2.05, 4.69) is 4.98 Å². The lowest BCUT2D eigenvalue weighted by molar-refractivity contribution is -0.136. The Kier molecular flexibility index (Phi) is 3.39. The first-order chi connectivity index (χ1) is 6.08. The molecule has 1 aromatic heterocycles. The molecule has 72 valence electrons. The number of carboxylic acids is 1. The van der Waals surface area contributed by atoms with Crippen LogP contribution in [0.3, 0.4) is 0 Å². The van der Waals surface area contributed by atoms with Crippen LogP contribution in [0.15, 0.2) is 6.20 Å². The molecule has 0 amide bonds. The third-order valence-electron chi connectivity index (χ3n) is 1.38. The van der Waals surface area contributed by atoms with Crippen LogP contribution in [0.1, 0.15) is 9.88 Å². The summed E-state index contributed by atoms with van der Waals surface area (Å²) < 4.78 is 0. The molecule has 5 heteroatoms. The summed E-state index contributed by atoms with van der Waals surface area (Å²) in [4.78, 5) is 17.5. The van der Waals surface area contributed by atoms with Gasteiger partial charge >= 0.3 is 5.97 Å². The number of aliphatic carboxylic acids is 1. The maximum atomic E-state index is 10.4. The van der Waals surface area contributed by atoms with Gasteiger partial charge in [-0.1, -0.05) is 0 Å². The number of hydrogen-bond acceptors (Lipinski definition) is 4. The Morgan fingerprint density at radius 1 is 1.69 bits per heavy atom. The van der Waals surface area contributed by atoms with Gasteiger partial charge < -0.3 is 10.0 Å². The van der Waals surface area contributed by atoms with Crippen LogP contribution in [0.4, 0.5) is 0 Å². The maximum absolute atomic E-state index is 10.4. The zero-order valence-electron chi connectivity index (χ0n) is 7.65. The molecule has 0 aliphatic rings. The molecule has 0 unspecified atom stereocenters. The van der Waals surface area contributed by atoms with Crippen LogP contribution in [0.5, 0.6) is 0 Å². The summed E-state index contributed by atoms with van der Waals surface area (Å²) in [5.41, 5.74) is 0. The van der Waals surface area contributed by atoms with Gasteiger partial charge in [-0.05, 0) is 14.1 Å². The molecule has 0 aliphatic carbocycles. The van der Waals surface area contributed by atoms with Crippen molar-refractivity contribution in [3.63, 3.8) is 0 Å². The first-order valence-corrected chi connectivity index (χ1v) is 4.69. The fourth-order valence-corrected chi connectivity index (χ4v) is 1.98. The van der Waals surface area contributed by atoms with Gasteiger partial charge in [0.25, 0.3) is 0 Å². The van der Waals surface area contributed by atoms with Crippen molar-refractivity contribution >= 4 is 17.3 Å². The largest absolute Gasteiger partial charge is 0.481 e. The minimum atomic E-state index is -0.828. The smallest absolute Gasteiger partial charge is 0.310 e. The highest BCUT2D eigenvalue weighted by Crippen LogP contribution is 2.14. The van der Waals surface area contributed by atoms with Gasteiger partial charge in [0.15, 0.2) is 0 Å².